The molecule has 0 saturated carbocycles. The molecule has 0 radical (unpaired) electrons. The zero-order valence-corrected chi connectivity index (χ0v) is 12.4. The number of halogens is 2. The maximum absolute atomic E-state index is 13.4. The second-order valence-corrected chi connectivity index (χ2v) is 5.73. The summed E-state index contributed by atoms with van der Waals surface area (Å²) in [4.78, 5) is 24.6. The van der Waals surface area contributed by atoms with Crippen molar-refractivity contribution in [3.63, 3.8) is 0 Å². The van der Waals surface area contributed by atoms with Gasteiger partial charge in [0, 0.05) is 19.5 Å². The average Bonchev–Trinajstić information content (AvgIpc) is 2.41. The Morgan fingerprint density at radius 2 is 2.00 bits per heavy atom. The number of rotatable bonds is 3. The van der Waals surface area contributed by atoms with E-state index in [1.807, 2.05) is 0 Å². The summed E-state index contributed by atoms with van der Waals surface area (Å²) in [6.07, 6.45) is 1.49. The van der Waals surface area contributed by atoms with Crippen molar-refractivity contribution < 1.29 is 19.1 Å². The van der Waals surface area contributed by atoms with Crippen molar-refractivity contribution in [3.05, 3.63) is 34.1 Å². The molecule has 1 fully saturated rings. The van der Waals surface area contributed by atoms with Gasteiger partial charge in [-0.05, 0) is 46.8 Å². The zero-order chi connectivity index (χ0) is 14.7. The van der Waals surface area contributed by atoms with E-state index in [1.54, 1.807) is 11.0 Å². The number of carbonyl (C=O) groups excluding carboxylic acids is 1. The van der Waals surface area contributed by atoms with Gasteiger partial charge in [0.15, 0.2) is 0 Å². The van der Waals surface area contributed by atoms with Crippen LogP contribution in [0.4, 0.5) is 4.39 Å². The van der Waals surface area contributed by atoms with Crippen LogP contribution < -0.4 is 0 Å². The van der Waals surface area contributed by atoms with E-state index in [1.165, 1.54) is 12.1 Å². The predicted molar refractivity (Wildman–Crippen MR) is 75.0 cm³/mol. The molecule has 0 spiro atoms. The summed E-state index contributed by atoms with van der Waals surface area (Å²) >= 11 is 3.09. The van der Waals surface area contributed by atoms with E-state index in [-0.39, 0.29) is 22.7 Å². The molecule has 1 aromatic carbocycles. The number of hydrogen-bond acceptors (Lipinski definition) is 2. The number of likely N-dealkylation sites (tertiary alicyclic amines) is 1. The lowest BCUT2D eigenvalue weighted by molar-refractivity contribution is -0.138. The third-order valence-corrected chi connectivity index (χ3v) is 4.35. The van der Waals surface area contributed by atoms with Crippen molar-refractivity contribution >= 4 is 27.8 Å². The number of benzene rings is 1. The topological polar surface area (TPSA) is 57.6 Å². The molecule has 1 aromatic rings. The van der Waals surface area contributed by atoms with Crippen LogP contribution in [-0.4, -0.2) is 35.0 Å². The summed E-state index contributed by atoms with van der Waals surface area (Å²) in [6, 6.07) is 4.38. The van der Waals surface area contributed by atoms with E-state index in [9.17, 15) is 14.0 Å². The van der Waals surface area contributed by atoms with Gasteiger partial charge in [-0.3, -0.25) is 9.59 Å². The first-order chi connectivity index (χ1) is 9.49. The first-order valence-electron chi connectivity index (χ1n) is 6.44. The van der Waals surface area contributed by atoms with Crippen LogP contribution in [0.15, 0.2) is 22.7 Å². The molecule has 0 atom stereocenters. The smallest absolute Gasteiger partial charge is 0.303 e. The Bertz CT molecular complexity index is 527. The molecule has 0 bridgehead atoms. The Morgan fingerprint density at radius 1 is 1.35 bits per heavy atom. The zero-order valence-electron chi connectivity index (χ0n) is 10.8. The normalized spacial score (nSPS) is 16.2. The van der Waals surface area contributed by atoms with E-state index >= 15 is 0 Å². The molecule has 1 saturated heterocycles. The van der Waals surface area contributed by atoms with E-state index < -0.39 is 11.8 Å². The fourth-order valence-corrected chi connectivity index (χ4v) is 2.86. The molecular weight excluding hydrogens is 329 g/mol. The second-order valence-electron chi connectivity index (χ2n) is 4.93. The lowest BCUT2D eigenvalue weighted by atomic mass is 9.93. The Kier molecular flexibility index (Phi) is 4.75. The van der Waals surface area contributed by atoms with Crippen LogP contribution in [0.2, 0.25) is 0 Å². The molecule has 108 valence electrons. The van der Waals surface area contributed by atoms with E-state index in [0.717, 1.165) is 0 Å². The highest BCUT2D eigenvalue weighted by Gasteiger charge is 2.26. The summed E-state index contributed by atoms with van der Waals surface area (Å²) in [6.45, 7) is 1.03. The first-order valence-corrected chi connectivity index (χ1v) is 7.23. The van der Waals surface area contributed by atoms with Gasteiger partial charge in [0.05, 0.1) is 10.0 Å². The Hall–Kier alpha value is -1.43. The van der Waals surface area contributed by atoms with Gasteiger partial charge in [-0.1, -0.05) is 6.07 Å². The number of hydrogen-bond donors (Lipinski definition) is 1. The number of amides is 1. The van der Waals surface area contributed by atoms with Gasteiger partial charge < -0.3 is 10.0 Å². The molecule has 4 nitrogen and oxygen atoms in total. The molecule has 2 rings (SSSR count). The second kappa shape index (κ2) is 6.35. The third-order valence-electron chi connectivity index (χ3n) is 3.55. The van der Waals surface area contributed by atoms with Gasteiger partial charge in [-0.15, -0.1) is 0 Å². The fourth-order valence-electron chi connectivity index (χ4n) is 2.43. The predicted octanol–water partition coefficient (Wildman–Crippen LogP) is 2.92. The fraction of sp³-hybridized carbons (Fsp3) is 0.429. The minimum Gasteiger partial charge on any atom is -0.481 e. The van der Waals surface area contributed by atoms with Crippen molar-refractivity contribution in [2.45, 2.75) is 19.3 Å². The minimum absolute atomic E-state index is 0.118. The SMILES string of the molecule is O=C(O)CC1CCN(C(=O)c2cccc(F)c2Br)CC1. The molecule has 6 heteroatoms. The van der Waals surface area contributed by atoms with Crippen LogP contribution in [-0.2, 0) is 4.79 Å². The van der Waals surface area contributed by atoms with Crippen molar-refractivity contribution in [1.82, 2.24) is 4.90 Å². The maximum atomic E-state index is 13.4. The van der Waals surface area contributed by atoms with Crippen LogP contribution >= 0.6 is 15.9 Å². The molecule has 0 aliphatic carbocycles. The number of carboxylic acid groups (broad SMARTS) is 1. The molecule has 1 aliphatic heterocycles. The summed E-state index contributed by atoms with van der Waals surface area (Å²) in [7, 11) is 0. The monoisotopic (exact) mass is 343 g/mol. The minimum atomic E-state index is -0.803. The maximum Gasteiger partial charge on any atom is 0.303 e. The van der Waals surface area contributed by atoms with Gasteiger partial charge in [-0.2, -0.15) is 0 Å². The van der Waals surface area contributed by atoms with Gasteiger partial charge in [0.2, 0.25) is 0 Å². The molecule has 1 heterocycles. The number of nitrogens with zero attached hydrogens (tertiary/aromatic N) is 1. The summed E-state index contributed by atoms with van der Waals surface area (Å²) in [5.41, 5.74) is 0.307. The lowest BCUT2D eigenvalue weighted by Crippen LogP contribution is -2.39. The standard InChI is InChI=1S/C14H15BrFNO3/c15-13-10(2-1-3-11(13)16)14(20)17-6-4-9(5-7-17)8-12(18)19/h1-3,9H,4-8H2,(H,18,19). The highest BCUT2D eigenvalue weighted by Crippen LogP contribution is 2.25. The molecule has 20 heavy (non-hydrogen) atoms. The van der Waals surface area contributed by atoms with E-state index in [4.69, 9.17) is 5.11 Å². The van der Waals surface area contributed by atoms with Crippen LogP contribution in [0.3, 0.4) is 0 Å². The van der Waals surface area contributed by atoms with Crippen LogP contribution in [0.1, 0.15) is 29.6 Å². The molecule has 0 aromatic heterocycles. The summed E-state index contributed by atoms with van der Waals surface area (Å²) < 4.78 is 13.6. The quantitative estimate of drug-likeness (QED) is 0.917. The number of carboxylic acids is 1. The van der Waals surface area contributed by atoms with E-state index in [2.05, 4.69) is 15.9 Å². The molecule has 1 aliphatic rings. The van der Waals surface area contributed by atoms with Crippen molar-refractivity contribution in [1.29, 1.82) is 0 Å². The Labute approximate surface area is 124 Å². The van der Waals surface area contributed by atoms with Gasteiger partial charge >= 0.3 is 5.97 Å². The van der Waals surface area contributed by atoms with Gasteiger partial charge in [0.1, 0.15) is 5.82 Å². The van der Waals surface area contributed by atoms with Crippen molar-refractivity contribution in [2.75, 3.05) is 13.1 Å². The Balaban J connectivity index is 2.02. The van der Waals surface area contributed by atoms with Crippen LogP contribution in [0, 0.1) is 11.7 Å². The summed E-state index contributed by atoms with van der Waals surface area (Å²) in [5, 5.41) is 8.76. The lowest BCUT2D eigenvalue weighted by Gasteiger charge is -2.31. The van der Waals surface area contributed by atoms with Gasteiger partial charge in [0.25, 0.3) is 5.91 Å². The van der Waals surface area contributed by atoms with Crippen LogP contribution in [0.25, 0.3) is 0 Å². The molecule has 0 unspecified atom stereocenters. The first kappa shape index (κ1) is 15.0. The van der Waals surface area contributed by atoms with E-state index in [0.29, 0.717) is 31.5 Å². The summed E-state index contributed by atoms with van der Waals surface area (Å²) in [5.74, 6) is -1.36. The van der Waals surface area contributed by atoms with Gasteiger partial charge in [-0.25, -0.2) is 4.39 Å². The largest absolute Gasteiger partial charge is 0.481 e. The number of piperidine rings is 1. The van der Waals surface area contributed by atoms with Crippen molar-refractivity contribution in [3.8, 4) is 0 Å². The Morgan fingerprint density at radius 3 is 2.60 bits per heavy atom. The molecule has 1 N–H and O–H groups in total. The molecular formula is C14H15BrFNO3. The highest BCUT2D eigenvalue weighted by atomic mass is 79.9. The highest BCUT2D eigenvalue weighted by molar-refractivity contribution is 9.10. The molecule has 1 amide bonds. The van der Waals surface area contributed by atoms with Crippen LogP contribution in [0.5, 0.6) is 0 Å². The average molecular weight is 344 g/mol. The third kappa shape index (κ3) is 3.36. The van der Waals surface area contributed by atoms with Crippen molar-refractivity contribution in [2.24, 2.45) is 5.92 Å². The number of carbonyl (C=O) groups is 2. The number of aliphatic carboxylic acids is 1.